The van der Waals surface area contributed by atoms with Crippen molar-refractivity contribution in [3.63, 3.8) is 0 Å². The molecule has 0 N–H and O–H groups in total. The number of hydrogen-bond acceptors (Lipinski definition) is 2. The molecule has 5 heteroatoms. The Morgan fingerprint density at radius 1 is 1.67 bits per heavy atom. The van der Waals surface area contributed by atoms with Gasteiger partial charge in [-0.15, -0.1) is 0 Å². The van der Waals surface area contributed by atoms with E-state index in [0.29, 0.717) is 18.1 Å². The lowest BCUT2D eigenvalue weighted by molar-refractivity contribution is 0.995. The lowest BCUT2D eigenvalue weighted by Crippen LogP contribution is -1.83. The van der Waals surface area contributed by atoms with Crippen molar-refractivity contribution in [1.29, 1.82) is 0 Å². The number of hydrogen-bond donors (Lipinski definition) is 0. The first-order valence-electron chi connectivity index (χ1n) is 4.53. The first-order valence-corrected chi connectivity index (χ1v) is 4.91. The molecule has 0 aliphatic rings. The highest BCUT2D eigenvalue weighted by molar-refractivity contribution is 6.30. The Bertz CT molecular complexity index is 408. The first kappa shape index (κ1) is 11.6. The zero-order chi connectivity index (χ0) is 11.1. The van der Waals surface area contributed by atoms with Crippen LogP contribution in [0.3, 0.4) is 0 Å². The maximum absolute atomic E-state index is 8.07. The lowest BCUT2D eigenvalue weighted by Gasteiger charge is -1.98. The van der Waals surface area contributed by atoms with Crippen molar-refractivity contribution in [2.45, 2.75) is 13.3 Å². The smallest absolute Gasteiger partial charge is 0.136 e. The highest BCUT2D eigenvalue weighted by Crippen LogP contribution is 2.15. The van der Waals surface area contributed by atoms with E-state index in [9.17, 15) is 0 Å². The number of halogens is 1. The Hall–Kier alpha value is -1.51. The Labute approximate surface area is 93.2 Å². The van der Waals surface area contributed by atoms with Crippen molar-refractivity contribution in [3.05, 3.63) is 45.1 Å². The van der Waals surface area contributed by atoms with Gasteiger partial charge < -0.3 is 0 Å². The molecule has 1 aromatic rings. The van der Waals surface area contributed by atoms with E-state index in [2.05, 4.69) is 15.0 Å². The standard InChI is InChI=1S/C10H11ClN4/c1-8-6-9(10(11)13-7-8)4-2-3-5-14-15-12/h2,4,6-7H,3,5H2,1H3. The number of aryl methyl sites for hydroxylation is 1. The Morgan fingerprint density at radius 3 is 3.20 bits per heavy atom. The molecule has 0 bridgehead atoms. The fraction of sp³-hybridized carbons (Fsp3) is 0.300. The van der Waals surface area contributed by atoms with Gasteiger partial charge in [0, 0.05) is 23.2 Å². The molecule has 0 saturated heterocycles. The van der Waals surface area contributed by atoms with Crippen LogP contribution in [0, 0.1) is 6.92 Å². The van der Waals surface area contributed by atoms with Crippen molar-refractivity contribution in [2.75, 3.05) is 6.54 Å². The molecule has 0 fully saturated rings. The van der Waals surface area contributed by atoms with E-state index >= 15 is 0 Å². The molecule has 0 unspecified atom stereocenters. The predicted octanol–water partition coefficient (Wildman–Crippen LogP) is 3.76. The van der Waals surface area contributed by atoms with E-state index in [-0.39, 0.29) is 0 Å². The van der Waals surface area contributed by atoms with Gasteiger partial charge in [-0.2, -0.15) is 0 Å². The second kappa shape index (κ2) is 6.06. The number of aromatic nitrogens is 1. The molecule has 0 aliphatic heterocycles. The van der Waals surface area contributed by atoms with Gasteiger partial charge in [0.25, 0.3) is 0 Å². The van der Waals surface area contributed by atoms with Crippen LogP contribution in [0.1, 0.15) is 17.5 Å². The highest BCUT2D eigenvalue weighted by atomic mass is 35.5. The third kappa shape index (κ3) is 4.02. The zero-order valence-corrected chi connectivity index (χ0v) is 9.15. The van der Waals surface area contributed by atoms with E-state index in [4.69, 9.17) is 17.1 Å². The van der Waals surface area contributed by atoms with Crippen molar-refractivity contribution in [2.24, 2.45) is 5.11 Å². The molecule has 1 rings (SSSR count). The topological polar surface area (TPSA) is 61.7 Å². The van der Waals surface area contributed by atoms with Gasteiger partial charge in [0.2, 0.25) is 0 Å². The second-order valence-corrected chi connectivity index (χ2v) is 3.40. The molecule has 0 aromatic carbocycles. The van der Waals surface area contributed by atoms with E-state index < -0.39 is 0 Å². The fourth-order valence-electron chi connectivity index (χ4n) is 1.08. The summed E-state index contributed by atoms with van der Waals surface area (Å²) in [7, 11) is 0. The molecule has 0 spiro atoms. The second-order valence-electron chi connectivity index (χ2n) is 3.04. The van der Waals surface area contributed by atoms with Crippen LogP contribution in [0.4, 0.5) is 0 Å². The minimum Gasteiger partial charge on any atom is -0.244 e. The van der Waals surface area contributed by atoms with Gasteiger partial charge in [-0.1, -0.05) is 28.9 Å². The molecule has 0 radical (unpaired) electrons. The summed E-state index contributed by atoms with van der Waals surface area (Å²) in [6, 6.07) is 1.96. The first-order chi connectivity index (χ1) is 7.24. The van der Waals surface area contributed by atoms with Crippen LogP contribution < -0.4 is 0 Å². The number of nitrogens with zero attached hydrogens (tertiary/aromatic N) is 4. The Kier molecular flexibility index (Phi) is 4.68. The summed E-state index contributed by atoms with van der Waals surface area (Å²) in [5.74, 6) is 0. The van der Waals surface area contributed by atoms with E-state index in [1.165, 1.54) is 0 Å². The van der Waals surface area contributed by atoms with E-state index in [0.717, 1.165) is 11.1 Å². The molecule has 4 nitrogen and oxygen atoms in total. The van der Waals surface area contributed by atoms with Crippen molar-refractivity contribution in [1.82, 2.24) is 4.98 Å². The lowest BCUT2D eigenvalue weighted by atomic mass is 10.2. The number of rotatable bonds is 4. The molecule has 1 aromatic heterocycles. The van der Waals surface area contributed by atoms with Gasteiger partial charge in [-0.05, 0) is 30.5 Å². The molecule has 0 atom stereocenters. The molecular weight excluding hydrogens is 212 g/mol. The third-order valence-electron chi connectivity index (χ3n) is 1.76. The molecule has 0 amide bonds. The number of pyridine rings is 1. The summed E-state index contributed by atoms with van der Waals surface area (Å²) in [6.45, 7) is 2.42. The van der Waals surface area contributed by atoms with Crippen molar-refractivity contribution >= 4 is 17.7 Å². The maximum Gasteiger partial charge on any atom is 0.136 e. The SMILES string of the molecule is Cc1cnc(Cl)c(C=CCCN=[N+]=[N-])c1. The average molecular weight is 223 g/mol. The summed E-state index contributed by atoms with van der Waals surface area (Å²) in [5, 5.41) is 3.91. The van der Waals surface area contributed by atoms with Gasteiger partial charge >= 0.3 is 0 Å². The summed E-state index contributed by atoms with van der Waals surface area (Å²) in [5.41, 5.74) is 10.0. The molecular formula is C10H11ClN4. The predicted molar refractivity (Wildman–Crippen MR) is 61.6 cm³/mol. The van der Waals surface area contributed by atoms with Crippen molar-refractivity contribution < 1.29 is 0 Å². The monoisotopic (exact) mass is 222 g/mol. The largest absolute Gasteiger partial charge is 0.244 e. The van der Waals surface area contributed by atoms with Crippen LogP contribution in [0.5, 0.6) is 0 Å². The van der Waals surface area contributed by atoms with Crippen molar-refractivity contribution in [3.8, 4) is 0 Å². The minimum absolute atomic E-state index is 0.462. The highest BCUT2D eigenvalue weighted by Gasteiger charge is 1.96. The normalized spacial score (nSPS) is 10.3. The molecule has 15 heavy (non-hydrogen) atoms. The summed E-state index contributed by atoms with van der Waals surface area (Å²) in [6.07, 6.45) is 6.22. The quantitative estimate of drug-likeness (QED) is 0.252. The molecule has 0 saturated carbocycles. The van der Waals surface area contributed by atoms with E-state index in [1.54, 1.807) is 6.20 Å². The molecule has 1 heterocycles. The minimum atomic E-state index is 0.462. The van der Waals surface area contributed by atoms with Crippen LogP contribution in [0.15, 0.2) is 23.5 Å². The van der Waals surface area contributed by atoms with E-state index in [1.807, 2.05) is 25.1 Å². The van der Waals surface area contributed by atoms with Crippen LogP contribution in [-0.4, -0.2) is 11.5 Å². The molecule has 0 aliphatic carbocycles. The van der Waals surface area contributed by atoms with Crippen LogP contribution in [0.25, 0.3) is 16.5 Å². The van der Waals surface area contributed by atoms with Gasteiger partial charge in [0.05, 0.1) is 0 Å². The summed E-state index contributed by atoms with van der Waals surface area (Å²) in [4.78, 5) is 6.69. The number of azide groups is 1. The summed E-state index contributed by atoms with van der Waals surface area (Å²) >= 11 is 5.89. The zero-order valence-electron chi connectivity index (χ0n) is 8.39. The third-order valence-corrected chi connectivity index (χ3v) is 2.08. The Balaban J connectivity index is 2.63. The van der Waals surface area contributed by atoms with Gasteiger partial charge in [-0.25, -0.2) is 4.98 Å². The van der Waals surface area contributed by atoms with Gasteiger partial charge in [0.1, 0.15) is 5.15 Å². The van der Waals surface area contributed by atoms with Gasteiger partial charge in [-0.3, -0.25) is 0 Å². The summed E-state index contributed by atoms with van der Waals surface area (Å²) < 4.78 is 0. The Morgan fingerprint density at radius 2 is 2.47 bits per heavy atom. The van der Waals surface area contributed by atoms with Gasteiger partial charge in [0.15, 0.2) is 0 Å². The molecule has 78 valence electrons. The maximum atomic E-state index is 8.07. The van der Waals surface area contributed by atoms with Crippen LogP contribution >= 0.6 is 11.6 Å². The van der Waals surface area contributed by atoms with Crippen LogP contribution in [-0.2, 0) is 0 Å². The van der Waals surface area contributed by atoms with Crippen LogP contribution in [0.2, 0.25) is 5.15 Å². The fourth-order valence-corrected chi connectivity index (χ4v) is 1.25. The average Bonchev–Trinajstić information content (AvgIpc) is 2.23.